The Balaban J connectivity index is 3.94. The summed E-state index contributed by atoms with van der Waals surface area (Å²) in [4.78, 5) is 15.2. The van der Waals surface area contributed by atoms with Crippen LogP contribution in [0.25, 0.3) is 0 Å². The molecule has 0 amide bonds. The number of carbonyl (C=O) groups excluding carboxylic acids is 1. The SMILES string of the molecule is C=C(/N=C\C(=C/C)C(C)=O)NCCOC(C)C. The minimum Gasteiger partial charge on any atom is -0.377 e. The molecule has 0 aliphatic rings. The lowest BCUT2D eigenvalue weighted by Gasteiger charge is -2.08. The van der Waals surface area contributed by atoms with Crippen molar-refractivity contribution in [1.82, 2.24) is 5.32 Å². The molecule has 0 atom stereocenters. The predicted molar refractivity (Wildman–Crippen MR) is 71.2 cm³/mol. The largest absolute Gasteiger partial charge is 0.377 e. The van der Waals surface area contributed by atoms with Gasteiger partial charge in [0.05, 0.1) is 12.7 Å². The highest BCUT2D eigenvalue weighted by molar-refractivity contribution is 6.12. The van der Waals surface area contributed by atoms with Crippen LogP contribution in [0.3, 0.4) is 0 Å². The number of nitrogens with zero attached hydrogens (tertiary/aromatic N) is 1. The number of allylic oxidation sites excluding steroid dienone is 2. The molecular formula is C13H22N2O2. The molecule has 0 aliphatic carbocycles. The average molecular weight is 238 g/mol. The summed E-state index contributed by atoms with van der Waals surface area (Å²) in [7, 11) is 0. The van der Waals surface area contributed by atoms with E-state index in [1.165, 1.54) is 13.1 Å². The van der Waals surface area contributed by atoms with Gasteiger partial charge in [0.1, 0.15) is 5.82 Å². The summed E-state index contributed by atoms with van der Waals surface area (Å²) >= 11 is 0. The van der Waals surface area contributed by atoms with Gasteiger partial charge in [-0.2, -0.15) is 0 Å². The molecule has 17 heavy (non-hydrogen) atoms. The standard InChI is InChI=1S/C13H22N2O2/c1-6-13(11(4)16)9-15-12(5)14-7-8-17-10(2)3/h6,9-10,14H,5,7-8H2,1-4H3/b13-6+,15-9-. The van der Waals surface area contributed by atoms with Gasteiger partial charge in [0.15, 0.2) is 5.78 Å². The van der Waals surface area contributed by atoms with Crippen molar-refractivity contribution in [3.8, 4) is 0 Å². The van der Waals surface area contributed by atoms with Crippen LogP contribution in [0.1, 0.15) is 27.7 Å². The lowest BCUT2D eigenvalue weighted by Crippen LogP contribution is -2.19. The van der Waals surface area contributed by atoms with E-state index in [-0.39, 0.29) is 11.9 Å². The second-order valence-corrected chi connectivity index (χ2v) is 3.85. The summed E-state index contributed by atoms with van der Waals surface area (Å²) in [5, 5.41) is 3.00. The monoisotopic (exact) mass is 238 g/mol. The number of carbonyl (C=O) groups is 1. The highest BCUT2D eigenvalue weighted by atomic mass is 16.5. The Kier molecular flexibility index (Phi) is 7.97. The van der Waals surface area contributed by atoms with Crippen molar-refractivity contribution < 1.29 is 9.53 Å². The lowest BCUT2D eigenvalue weighted by atomic mass is 10.2. The maximum atomic E-state index is 11.1. The van der Waals surface area contributed by atoms with Gasteiger partial charge in [0.25, 0.3) is 0 Å². The van der Waals surface area contributed by atoms with E-state index in [1.807, 2.05) is 13.8 Å². The van der Waals surface area contributed by atoms with Crippen molar-refractivity contribution >= 4 is 12.0 Å². The van der Waals surface area contributed by atoms with E-state index in [4.69, 9.17) is 4.74 Å². The van der Waals surface area contributed by atoms with Crippen LogP contribution in [0.15, 0.2) is 29.0 Å². The molecule has 0 aromatic rings. The van der Waals surface area contributed by atoms with Crippen LogP contribution >= 0.6 is 0 Å². The van der Waals surface area contributed by atoms with Crippen molar-refractivity contribution in [1.29, 1.82) is 0 Å². The van der Waals surface area contributed by atoms with Crippen molar-refractivity contribution in [3.63, 3.8) is 0 Å². The van der Waals surface area contributed by atoms with E-state index in [2.05, 4.69) is 16.9 Å². The number of hydrogen-bond acceptors (Lipinski definition) is 4. The van der Waals surface area contributed by atoms with Crippen molar-refractivity contribution in [3.05, 3.63) is 24.0 Å². The average Bonchev–Trinajstić information content (AvgIpc) is 2.24. The van der Waals surface area contributed by atoms with Crippen LogP contribution in [-0.2, 0) is 9.53 Å². The van der Waals surface area contributed by atoms with Crippen LogP contribution in [0.5, 0.6) is 0 Å². The smallest absolute Gasteiger partial charge is 0.161 e. The van der Waals surface area contributed by atoms with E-state index >= 15 is 0 Å². The van der Waals surface area contributed by atoms with Gasteiger partial charge in [-0.25, -0.2) is 4.99 Å². The normalized spacial score (nSPS) is 12.2. The lowest BCUT2D eigenvalue weighted by molar-refractivity contribution is -0.113. The number of rotatable bonds is 8. The summed E-state index contributed by atoms with van der Waals surface area (Å²) in [5.41, 5.74) is 0.575. The first-order valence-electron chi connectivity index (χ1n) is 5.73. The van der Waals surface area contributed by atoms with Crippen LogP contribution in [-0.4, -0.2) is 31.3 Å². The molecule has 0 unspecified atom stereocenters. The molecule has 0 spiro atoms. The third-order valence-electron chi connectivity index (χ3n) is 1.96. The van der Waals surface area contributed by atoms with Crippen LogP contribution in [0, 0.1) is 0 Å². The zero-order valence-corrected chi connectivity index (χ0v) is 11.1. The summed E-state index contributed by atoms with van der Waals surface area (Å²) < 4.78 is 5.36. The molecule has 0 bridgehead atoms. The van der Waals surface area contributed by atoms with Gasteiger partial charge in [-0.05, 0) is 27.7 Å². The topological polar surface area (TPSA) is 50.7 Å². The molecule has 0 saturated carbocycles. The second-order valence-electron chi connectivity index (χ2n) is 3.85. The number of nitrogens with one attached hydrogen (secondary N) is 1. The Hall–Kier alpha value is -1.42. The molecule has 1 N–H and O–H groups in total. The van der Waals surface area contributed by atoms with Crippen molar-refractivity contribution in [2.75, 3.05) is 13.2 Å². The maximum Gasteiger partial charge on any atom is 0.161 e. The van der Waals surface area contributed by atoms with Crippen LogP contribution in [0.2, 0.25) is 0 Å². The Bertz CT molecular complexity index is 317. The van der Waals surface area contributed by atoms with E-state index in [1.54, 1.807) is 13.0 Å². The molecule has 0 rings (SSSR count). The minimum absolute atomic E-state index is 0.00723. The fraction of sp³-hybridized carbons (Fsp3) is 0.538. The fourth-order valence-electron chi connectivity index (χ4n) is 1.05. The molecular weight excluding hydrogens is 216 g/mol. The summed E-state index contributed by atoms with van der Waals surface area (Å²) in [6, 6.07) is 0. The van der Waals surface area contributed by atoms with Gasteiger partial charge in [0.2, 0.25) is 0 Å². The summed E-state index contributed by atoms with van der Waals surface area (Å²) in [6.07, 6.45) is 3.46. The number of ether oxygens (including phenoxy) is 1. The Morgan fingerprint density at radius 2 is 2.18 bits per heavy atom. The molecule has 4 heteroatoms. The van der Waals surface area contributed by atoms with Crippen LogP contribution < -0.4 is 5.32 Å². The third-order valence-corrected chi connectivity index (χ3v) is 1.96. The zero-order valence-electron chi connectivity index (χ0n) is 11.1. The Morgan fingerprint density at radius 3 is 2.65 bits per heavy atom. The van der Waals surface area contributed by atoms with E-state index < -0.39 is 0 Å². The van der Waals surface area contributed by atoms with Gasteiger partial charge >= 0.3 is 0 Å². The van der Waals surface area contributed by atoms with Gasteiger partial charge in [-0.1, -0.05) is 12.7 Å². The van der Waals surface area contributed by atoms with Crippen molar-refractivity contribution in [2.45, 2.75) is 33.8 Å². The first kappa shape index (κ1) is 15.6. The molecule has 4 nitrogen and oxygen atoms in total. The molecule has 96 valence electrons. The summed E-state index contributed by atoms with van der Waals surface area (Å²) in [5.74, 6) is 0.519. The number of hydrogen-bond donors (Lipinski definition) is 1. The third kappa shape index (κ3) is 8.39. The Labute approximate surface area is 103 Å². The first-order chi connectivity index (χ1) is 7.97. The van der Waals surface area contributed by atoms with Gasteiger partial charge in [-0.3, -0.25) is 4.79 Å². The number of Topliss-reactive ketones (excluding diaryl/α,β-unsaturated/α-hetero) is 1. The highest BCUT2D eigenvalue weighted by Gasteiger charge is 1.98. The molecule has 0 saturated heterocycles. The van der Waals surface area contributed by atoms with Crippen LogP contribution in [0.4, 0.5) is 0 Å². The number of aliphatic imine (C=N–C) groups is 1. The molecule has 0 aromatic carbocycles. The van der Waals surface area contributed by atoms with E-state index in [9.17, 15) is 4.79 Å². The second kappa shape index (κ2) is 8.70. The number of ketones is 1. The molecule has 0 fully saturated rings. The van der Waals surface area contributed by atoms with Crippen molar-refractivity contribution in [2.24, 2.45) is 4.99 Å². The highest BCUT2D eigenvalue weighted by Crippen LogP contribution is 1.94. The minimum atomic E-state index is -0.00723. The fourth-order valence-corrected chi connectivity index (χ4v) is 1.05. The summed E-state index contributed by atoms with van der Waals surface area (Å²) in [6.45, 7) is 12.3. The van der Waals surface area contributed by atoms with E-state index in [0.29, 0.717) is 24.5 Å². The zero-order chi connectivity index (χ0) is 13.3. The molecule has 0 radical (unpaired) electrons. The van der Waals surface area contributed by atoms with Gasteiger partial charge in [-0.15, -0.1) is 0 Å². The van der Waals surface area contributed by atoms with Gasteiger partial charge < -0.3 is 10.1 Å². The molecule has 0 aromatic heterocycles. The molecule has 0 aliphatic heterocycles. The quantitative estimate of drug-likeness (QED) is 0.400. The van der Waals surface area contributed by atoms with E-state index in [0.717, 1.165) is 0 Å². The first-order valence-corrected chi connectivity index (χ1v) is 5.73. The Morgan fingerprint density at radius 1 is 1.53 bits per heavy atom. The maximum absolute atomic E-state index is 11.1. The van der Waals surface area contributed by atoms with Gasteiger partial charge in [0, 0.05) is 18.3 Å². The molecule has 0 heterocycles. The predicted octanol–water partition coefficient (Wildman–Crippen LogP) is 2.08.